The van der Waals surface area contributed by atoms with Crippen LogP contribution >= 0.6 is 11.3 Å². The van der Waals surface area contributed by atoms with Gasteiger partial charge in [-0.1, -0.05) is 0 Å². The summed E-state index contributed by atoms with van der Waals surface area (Å²) in [6, 6.07) is 5.47. The number of hydrogen-bond acceptors (Lipinski definition) is 3. The highest BCUT2D eigenvalue weighted by Gasteiger charge is 2.12. The Morgan fingerprint density at radius 1 is 1.29 bits per heavy atom. The Kier molecular flexibility index (Phi) is 2.06. The minimum Gasteiger partial charge on any atom is -0.224 e. The number of rotatable bonds is 1. The maximum atomic E-state index is 12.8. The average Bonchev–Trinajstić information content (AvgIpc) is 2.45. The Hall–Kier alpha value is -0.980. The Labute approximate surface area is 84.0 Å². The molecule has 0 aliphatic rings. The van der Waals surface area contributed by atoms with E-state index in [9.17, 15) is 12.8 Å². The van der Waals surface area contributed by atoms with Gasteiger partial charge in [0.25, 0.3) is 0 Å². The van der Waals surface area contributed by atoms with Crippen LogP contribution in [0.4, 0.5) is 4.39 Å². The molecular weight excluding hydrogens is 225 g/mol. The highest BCUT2D eigenvalue weighted by Crippen LogP contribution is 2.28. The fourth-order valence-corrected chi connectivity index (χ4v) is 2.93. The van der Waals surface area contributed by atoms with Crippen LogP contribution < -0.4 is 5.14 Å². The first kappa shape index (κ1) is 9.57. The van der Waals surface area contributed by atoms with E-state index in [4.69, 9.17) is 5.14 Å². The predicted molar refractivity (Wildman–Crippen MR) is 53.2 cm³/mol. The number of sulfonamides is 1. The van der Waals surface area contributed by atoms with Crippen molar-refractivity contribution in [3.05, 3.63) is 30.1 Å². The zero-order valence-corrected chi connectivity index (χ0v) is 8.53. The smallest absolute Gasteiger partial charge is 0.224 e. The van der Waals surface area contributed by atoms with Gasteiger partial charge in [0.15, 0.2) is 0 Å². The number of halogens is 1. The average molecular weight is 231 g/mol. The lowest BCUT2D eigenvalue weighted by Gasteiger charge is -1.86. The maximum absolute atomic E-state index is 12.8. The fourth-order valence-electron chi connectivity index (χ4n) is 1.13. The van der Waals surface area contributed by atoms with Gasteiger partial charge in [-0.25, -0.2) is 17.9 Å². The Morgan fingerprint density at radius 3 is 2.64 bits per heavy atom. The molecule has 0 aliphatic carbocycles. The van der Waals surface area contributed by atoms with Crippen molar-refractivity contribution in [1.29, 1.82) is 0 Å². The lowest BCUT2D eigenvalue weighted by atomic mass is 10.3. The second-order valence-electron chi connectivity index (χ2n) is 2.79. The molecule has 0 saturated carbocycles. The molecule has 74 valence electrons. The Bertz CT molecular complexity index is 588. The minimum absolute atomic E-state index is 0.0538. The monoisotopic (exact) mass is 231 g/mol. The molecule has 1 heterocycles. The van der Waals surface area contributed by atoms with Crippen molar-refractivity contribution >= 4 is 31.4 Å². The van der Waals surface area contributed by atoms with Gasteiger partial charge < -0.3 is 0 Å². The number of nitrogens with two attached hydrogens (primary N) is 1. The molecule has 1 aromatic heterocycles. The number of benzene rings is 1. The summed E-state index contributed by atoms with van der Waals surface area (Å²) >= 11 is 1.03. The molecule has 2 N–H and O–H groups in total. The van der Waals surface area contributed by atoms with Gasteiger partial charge in [-0.15, -0.1) is 11.3 Å². The van der Waals surface area contributed by atoms with E-state index in [0.717, 1.165) is 11.3 Å². The summed E-state index contributed by atoms with van der Waals surface area (Å²) in [7, 11) is -3.68. The third kappa shape index (κ3) is 1.63. The zero-order valence-electron chi connectivity index (χ0n) is 6.90. The standard InChI is InChI=1S/C8H6FNO2S2/c9-6-1-2-7-5(3-6)4-8(13-7)14(10,11)12/h1-4H,(H2,10,11,12). The Balaban J connectivity index is 2.75. The molecule has 0 radical (unpaired) electrons. The fraction of sp³-hybridized carbons (Fsp3) is 0. The van der Waals surface area contributed by atoms with Crippen LogP contribution in [0.2, 0.25) is 0 Å². The van der Waals surface area contributed by atoms with Crippen LogP contribution in [0.25, 0.3) is 10.1 Å². The lowest BCUT2D eigenvalue weighted by Crippen LogP contribution is -2.09. The van der Waals surface area contributed by atoms with E-state index in [1.165, 1.54) is 24.3 Å². The second-order valence-corrected chi connectivity index (χ2v) is 5.66. The summed E-state index contributed by atoms with van der Waals surface area (Å²) < 4.78 is 35.5. The van der Waals surface area contributed by atoms with Crippen LogP contribution in [0.3, 0.4) is 0 Å². The normalized spacial score (nSPS) is 12.1. The first-order valence-corrected chi connectivity index (χ1v) is 6.05. The van der Waals surface area contributed by atoms with E-state index >= 15 is 0 Å². The van der Waals surface area contributed by atoms with Crippen molar-refractivity contribution < 1.29 is 12.8 Å². The second kappa shape index (κ2) is 3.01. The first-order chi connectivity index (χ1) is 6.47. The molecule has 0 atom stereocenters. The van der Waals surface area contributed by atoms with Gasteiger partial charge >= 0.3 is 0 Å². The third-order valence-corrected chi connectivity index (χ3v) is 4.27. The van der Waals surface area contributed by atoms with Gasteiger partial charge in [0, 0.05) is 4.70 Å². The van der Waals surface area contributed by atoms with Crippen molar-refractivity contribution in [2.24, 2.45) is 5.14 Å². The molecular formula is C8H6FNO2S2. The van der Waals surface area contributed by atoms with Crippen molar-refractivity contribution in [3.8, 4) is 0 Å². The lowest BCUT2D eigenvalue weighted by molar-refractivity contribution is 0.600. The highest BCUT2D eigenvalue weighted by atomic mass is 32.2. The van der Waals surface area contributed by atoms with Crippen molar-refractivity contribution in [3.63, 3.8) is 0 Å². The van der Waals surface area contributed by atoms with E-state index in [0.29, 0.717) is 10.1 Å². The Morgan fingerprint density at radius 2 is 2.00 bits per heavy atom. The summed E-state index contributed by atoms with van der Waals surface area (Å²) in [5.74, 6) is -0.392. The molecule has 3 nitrogen and oxygen atoms in total. The molecule has 0 spiro atoms. The largest absolute Gasteiger partial charge is 0.247 e. The van der Waals surface area contributed by atoms with Crippen LogP contribution in [0.15, 0.2) is 28.5 Å². The van der Waals surface area contributed by atoms with E-state index in [1.54, 1.807) is 0 Å². The summed E-state index contributed by atoms with van der Waals surface area (Å²) in [5.41, 5.74) is 0. The molecule has 0 amide bonds. The van der Waals surface area contributed by atoms with Gasteiger partial charge in [0.05, 0.1) is 0 Å². The van der Waals surface area contributed by atoms with Crippen LogP contribution in [-0.4, -0.2) is 8.42 Å². The van der Waals surface area contributed by atoms with E-state index in [2.05, 4.69) is 0 Å². The molecule has 0 fully saturated rings. The molecule has 1 aromatic carbocycles. The molecule has 14 heavy (non-hydrogen) atoms. The van der Waals surface area contributed by atoms with Crippen molar-refractivity contribution in [2.75, 3.05) is 0 Å². The number of thiophene rings is 1. The van der Waals surface area contributed by atoms with Gasteiger partial charge in [-0.2, -0.15) is 0 Å². The third-order valence-electron chi connectivity index (χ3n) is 1.74. The molecule has 0 unspecified atom stereocenters. The van der Waals surface area contributed by atoms with Crippen LogP contribution in [0.5, 0.6) is 0 Å². The highest BCUT2D eigenvalue weighted by molar-refractivity contribution is 7.91. The number of primary sulfonamides is 1. The molecule has 6 heteroatoms. The molecule has 0 bridgehead atoms. The number of hydrogen-bond donors (Lipinski definition) is 1. The summed E-state index contributed by atoms with van der Waals surface area (Å²) in [4.78, 5) is 0. The van der Waals surface area contributed by atoms with Gasteiger partial charge in [-0.05, 0) is 29.7 Å². The molecule has 0 aliphatic heterocycles. The SMILES string of the molecule is NS(=O)(=O)c1cc2cc(F)ccc2s1. The van der Waals surface area contributed by atoms with Crippen LogP contribution in [0.1, 0.15) is 0 Å². The summed E-state index contributed by atoms with van der Waals surface area (Å²) in [6.45, 7) is 0. The quantitative estimate of drug-likeness (QED) is 0.811. The van der Waals surface area contributed by atoms with Crippen molar-refractivity contribution in [1.82, 2.24) is 0 Å². The first-order valence-electron chi connectivity index (χ1n) is 3.69. The van der Waals surface area contributed by atoms with Gasteiger partial charge in [0.2, 0.25) is 10.0 Å². The van der Waals surface area contributed by atoms with Crippen molar-refractivity contribution in [2.45, 2.75) is 4.21 Å². The van der Waals surface area contributed by atoms with E-state index in [-0.39, 0.29) is 4.21 Å². The summed E-state index contributed by atoms with van der Waals surface area (Å²) in [6.07, 6.45) is 0. The van der Waals surface area contributed by atoms with Gasteiger partial charge in [0.1, 0.15) is 10.0 Å². The van der Waals surface area contributed by atoms with Crippen LogP contribution in [0, 0.1) is 5.82 Å². The number of fused-ring (bicyclic) bond motifs is 1. The van der Waals surface area contributed by atoms with E-state index in [1.807, 2.05) is 0 Å². The molecule has 2 aromatic rings. The van der Waals surface area contributed by atoms with E-state index < -0.39 is 15.8 Å². The maximum Gasteiger partial charge on any atom is 0.247 e. The summed E-state index contributed by atoms with van der Waals surface area (Å²) in [5, 5.41) is 5.50. The van der Waals surface area contributed by atoms with Gasteiger partial charge in [-0.3, -0.25) is 0 Å². The predicted octanol–water partition coefficient (Wildman–Crippen LogP) is 1.69. The van der Waals surface area contributed by atoms with Crippen LogP contribution in [-0.2, 0) is 10.0 Å². The molecule has 2 rings (SSSR count). The zero-order chi connectivity index (χ0) is 10.3. The minimum atomic E-state index is -3.68. The molecule has 0 saturated heterocycles. The topological polar surface area (TPSA) is 60.2 Å².